The van der Waals surface area contributed by atoms with Gasteiger partial charge in [0.05, 0.1) is 6.42 Å². The summed E-state index contributed by atoms with van der Waals surface area (Å²) in [6.07, 6.45) is 40.4. The molecule has 0 radical (unpaired) electrons. The zero-order valence-corrected chi connectivity index (χ0v) is 30.4. The van der Waals surface area contributed by atoms with Gasteiger partial charge in [-0.25, -0.2) is 0 Å². The largest absolute Gasteiger partial charge is 0.291 e. The Morgan fingerprint density at radius 2 is 0.422 bits per heavy atom. The van der Waals surface area contributed by atoms with Gasteiger partial charge in [-0.3, -0.25) is 19.2 Å². The number of carbonyl (C=O) groups is 4. The Balaban J connectivity index is 3.51. The molecule has 4 heteroatoms. The number of hydrogen-bond acceptors (Lipinski definition) is 4. The van der Waals surface area contributed by atoms with Crippen LogP contribution in [0.3, 0.4) is 0 Å². The number of ketones is 4. The van der Waals surface area contributed by atoms with Crippen molar-refractivity contribution in [1.82, 2.24) is 0 Å². The molecule has 0 N–H and O–H groups in total. The molecule has 0 aliphatic rings. The van der Waals surface area contributed by atoms with E-state index in [4.69, 9.17) is 0 Å². The van der Waals surface area contributed by atoms with Gasteiger partial charge in [-0.1, -0.05) is 206 Å². The van der Waals surface area contributed by atoms with Crippen molar-refractivity contribution in [2.75, 3.05) is 0 Å². The molecule has 0 amide bonds. The highest BCUT2D eigenvalue weighted by molar-refractivity contribution is 6.48. The van der Waals surface area contributed by atoms with Gasteiger partial charge in [0.25, 0.3) is 0 Å². The second-order valence-electron chi connectivity index (χ2n) is 14.0. The Morgan fingerprint density at radius 3 is 0.622 bits per heavy atom. The van der Waals surface area contributed by atoms with E-state index in [0.717, 1.165) is 25.7 Å². The molecule has 0 aromatic rings. The lowest BCUT2D eigenvalue weighted by molar-refractivity contribution is -0.142. The molecule has 0 saturated heterocycles. The molecule has 0 aromatic carbocycles. The summed E-state index contributed by atoms with van der Waals surface area (Å²) in [5, 5.41) is 0. The number of rotatable bonds is 38. The quantitative estimate of drug-likeness (QED) is 0.0386. The lowest BCUT2D eigenvalue weighted by Gasteiger charge is -2.04. The third kappa shape index (κ3) is 32.4. The molecule has 0 heterocycles. The number of Topliss-reactive ketones (excluding diaryl/α,β-unsaturated/α-hetero) is 4. The SMILES string of the molecule is CCCCCCCCCCCCCCCCCCC(=O)C(=O)CC(=O)C(=O)CCCCCCCCCCCCCCCCCC. The smallest absolute Gasteiger partial charge is 0.206 e. The molecule has 264 valence electrons. The molecular weight excluding hydrogens is 556 g/mol. The van der Waals surface area contributed by atoms with Crippen LogP contribution in [0.15, 0.2) is 0 Å². The lowest BCUT2D eigenvalue weighted by atomic mass is 9.99. The average molecular weight is 633 g/mol. The first kappa shape index (κ1) is 43.7. The fraction of sp³-hybridized carbons (Fsp3) is 0.902. The molecule has 0 aliphatic carbocycles. The van der Waals surface area contributed by atoms with Gasteiger partial charge in [0, 0.05) is 12.8 Å². The fourth-order valence-corrected chi connectivity index (χ4v) is 6.29. The highest BCUT2D eigenvalue weighted by Crippen LogP contribution is 2.16. The second-order valence-corrected chi connectivity index (χ2v) is 14.0. The van der Waals surface area contributed by atoms with E-state index >= 15 is 0 Å². The first-order valence-electron chi connectivity index (χ1n) is 20.1. The maximum atomic E-state index is 12.2. The Morgan fingerprint density at radius 1 is 0.244 bits per heavy atom. The van der Waals surface area contributed by atoms with E-state index < -0.39 is 29.6 Å². The first-order valence-corrected chi connectivity index (χ1v) is 20.1. The molecule has 0 rings (SSSR count). The summed E-state index contributed by atoms with van der Waals surface area (Å²) in [4.78, 5) is 48.6. The van der Waals surface area contributed by atoms with Crippen LogP contribution in [-0.4, -0.2) is 23.1 Å². The van der Waals surface area contributed by atoms with Gasteiger partial charge < -0.3 is 0 Å². The van der Waals surface area contributed by atoms with Gasteiger partial charge in [-0.2, -0.15) is 0 Å². The Labute approximate surface area is 280 Å². The Hall–Kier alpha value is -1.32. The molecule has 0 unspecified atom stereocenters. The standard InChI is InChI=1S/C41H76O4/c1-3-5-7-9-11-13-15-17-19-21-23-25-27-29-31-33-35-38(42)40(44)37-41(45)39(43)36-34-32-30-28-26-24-22-20-18-16-14-12-10-8-6-4-2/h3-37H2,1-2H3. The fourth-order valence-electron chi connectivity index (χ4n) is 6.29. The van der Waals surface area contributed by atoms with Crippen LogP contribution in [-0.2, 0) is 19.2 Å². The topological polar surface area (TPSA) is 68.3 Å². The Kier molecular flexibility index (Phi) is 34.5. The summed E-state index contributed by atoms with van der Waals surface area (Å²) < 4.78 is 0. The zero-order valence-electron chi connectivity index (χ0n) is 30.4. The van der Waals surface area contributed by atoms with Crippen molar-refractivity contribution < 1.29 is 19.2 Å². The molecular formula is C41H76O4. The molecule has 45 heavy (non-hydrogen) atoms. The van der Waals surface area contributed by atoms with E-state index in [1.807, 2.05) is 0 Å². The molecule has 0 spiro atoms. The van der Waals surface area contributed by atoms with E-state index in [1.54, 1.807) is 0 Å². The van der Waals surface area contributed by atoms with E-state index in [1.165, 1.54) is 167 Å². The maximum absolute atomic E-state index is 12.2. The van der Waals surface area contributed by atoms with Crippen LogP contribution in [0.25, 0.3) is 0 Å². The van der Waals surface area contributed by atoms with Crippen molar-refractivity contribution in [2.24, 2.45) is 0 Å². The summed E-state index contributed by atoms with van der Waals surface area (Å²) in [7, 11) is 0. The van der Waals surface area contributed by atoms with Gasteiger partial charge in [-0.05, 0) is 12.8 Å². The average Bonchev–Trinajstić information content (AvgIpc) is 3.04. The molecule has 0 atom stereocenters. The molecule has 0 bridgehead atoms. The minimum Gasteiger partial charge on any atom is -0.291 e. The number of hydrogen-bond donors (Lipinski definition) is 0. The van der Waals surface area contributed by atoms with Crippen molar-refractivity contribution in [2.45, 2.75) is 239 Å². The third-order valence-electron chi connectivity index (χ3n) is 9.46. The highest BCUT2D eigenvalue weighted by atomic mass is 16.2. The van der Waals surface area contributed by atoms with Crippen LogP contribution in [0.2, 0.25) is 0 Å². The zero-order chi connectivity index (χ0) is 33.1. The molecule has 4 nitrogen and oxygen atoms in total. The molecule has 0 fully saturated rings. The van der Waals surface area contributed by atoms with E-state index in [2.05, 4.69) is 13.8 Å². The Bertz CT molecular complexity index is 640. The lowest BCUT2D eigenvalue weighted by Crippen LogP contribution is -2.23. The summed E-state index contributed by atoms with van der Waals surface area (Å²) in [6, 6.07) is 0. The van der Waals surface area contributed by atoms with Gasteiger partial charge in [0.15, 0.2) is 11.6 Å². The van der Waals surface area contributed by atoms with Gasteiger partial charge in [0.2, 0.25) is 11.6 Å². The van der Waals surface area contributed by atoms with E-state index in [-0.39, 0.29) is 12.8 Å². The predicted octanol–water partition coefficient (Wildman–Crippen LogP) is 13.0. The predicted molar refractivity (Wildman–Crippen MR) is 193 cm³/mol. The van der Waals surface area contributed by atoms with Gasteiger partial charge in [-0.15, -0.1) is 0 Å². The summed E-state index contributed by atoms with van der Waals surface area (Å²) >= 11 is 0. The maximum Gasteiger partial charge on any atom is 0.206 e. The number of carbonyl (C=O) groups excluding carboxylic acids is 4. The molecule has 0 aliphatic heterocycles. The summed E-state index contributed by atoms with van der Waals surface area (Å²) in [5.74, 6) is -2.32. The normalized spacial score (nSPS) is 11.2. The van der Waals surface area contributed by atoms with Crippen LogP contribution in [0.5, 0.6) is 0 Å². The van der Waals surface area contributed by atoms with Crippen LogP contribution in [0, 0.1) is 0 Å². The van der Waals surface area contributed by atoms with Crippen molar-refractivity contribution in [3.05, 3.63) is 0 Å². The van der Waals surface area contributed by atoms with Crippen molar-refractivity contribution in [3.63, 3.8) is 0 Å². The van der Waals surface area contributed by atoms with Crippen LogP contribution in [0.1, 0.15) is 239 Å². The molecule has 0 aromatic heterocycles. The number of unbranched alkanes of at least 4 members (excludes halogenated alkanes) is 30. The summed E-state index contributed by atoms with van der Waals surface area (Å²) in [6.45, 7) is 4.53. The molecule has 0 saturated carbocycles. The van der Waals surface area contributed by atoms with Gasteiger partial charge >= 0.3 is 0 Å². The van der Waals surface area contributed by atoms with Crippen molar-refractivity contribution in [3.8, 4) is 0 Å². The minimum absolute atomic E-state index is 0.206. The van der Waals surface area contributed by atoms with Gasteiger partial charge in [0.1, 0.15) is 0 Å². The van der Waals surface area contributed by atoms with Crippen molar-refractivity contribution in [1.29, 1.82) is 0 Å². The second kappa shape index (κ2) is 35.5. The van der Waals surface area contributed by atoms with Crippen molar-refractivity contribution >= 4 is 23.1 Å². The summed E-state index contributed by atoms with van der Waals surface area (Å²) in [5.41, 5.74) is 0. The minimum atomic E-state index is -0.679. The van der Waals surface area contributed by atoms with E-state index in [9.17, 15) is 19.2 Å². The van der Waals surface area contributed by atoms with Crippen LogP contribution in [0.4, 0.5) is 0 Å². The van der Waals surface area contributed by atoms with Crippen LogP contribution < -0.4 is 0 Å². The highest BCUT2D eigenvalue weighted by Gasteiger charge is 2.21. The monoisotopic (exact) mass is 633 g/mol. The van der Waals surface area contributed by atoms with Crippen LogP contribution >= 0.6 is 0 Å². The van der Waals surface area contributed by atoms with E-state index in [0.29, 0.717) is 12.8 Å². The third-order valence-corrected chi connectivity index (χ3v) is 9.46. The first-order chi connectivity index (χ1) is 22.0.